The molecule has 1 aromatic heterocycles. The molecule has 1 saturated heterocycles. The molecule has 1 aromatic carbocycles. The summed E-state index contributed by atoms with van der Waals surface area (Å²) >= 11 is 1.18. The first kappa shape index (κ1) is 20.8. The highest BCUT2D eigenvalue weighted by Gasteiger charge is 2.53. The molecular weight excluding hydrogens is 428 g/mol. The van der Waals surface area contributed by atoms with Crippen molar-refractivity contribution in [3.8, 4) is 0 Å². The number of carbonyl (C=O) groups is 4. The maximum absolute atomic E-state index is 13.3. The van der Waals surface area contributed by atoms with Crippen LogP contribution in [0.3, 0.4) is 0 Å². The van der Waals surface area contributed by atoms with Crippen LogP contribution >= 0.6 is 11.3 Å². The number of hydrogen-bond donors (Lipinski definition) is 1. The fraction of sp³-hybridized carbons (Fsp3) is 0.435. The molecular formula is C23H24N4O4S. The lowest BCUT2D eigenvalue weighted by molar-refractivity contribution is -0.120. The Bertz CT molecular complexity index is 1190. The van der Waals surface area contributed by atoms with Gasteiger partial charge in [0.15, 0.2) is 10.9 Å². The Morgan fingerprint density at radius 3 is 2.69 bits per heavy atom. The van der Waals surface area contributed by atoms with Crippen LogP contribution in [0.5, 0.6) is 0 Å². The lowest BCUT2D eigenvalue weighted by Gasteiger charge is -2.48. The van der Waals surface area contributed by atoms with E-state index in [0.717, 1.165) is 0 Å². The number of benzene rings is 1. The second-order valence-corrected chi connectivity index (χ2v) is 10.6. The van der Waals surface area contributed by atoms with E-state index in [1.54, 1.807) is 29.2 Å². The van der Waals surface area contributed by atoms with Crippen LogP contribution in [0.25, 0.3) is 0 Å². The predicted octanol–water partition coefficient (Wildman–Crippen LogP) is 3.24. The number of carbonyl (C=O) groups excluding carboxylic acids is 4. The molecule has 3 aliphatic rings. The van der Waals surface area contributed by atoms with Crippen molar-refractivity contribution >= 4 is 45.7 Å². The molecule has 2 aromatic rings. The summed E-state index contributed by atoms with van der Waals surface area (Å²) < 4.78 is 0. The Labute approximate surface area is 189 Å². The Hall–Kier alpha value is -3.07. The number of aromatic nitrogens is 1. The molecule has 1 atom stereocenters. The van der Waals surface area contributed by atoms with Gasteiger partial charge in [-0.25, -0.2) is 4.98 Å². The molecule has 1 N–H and O–H groups in total. The average molecular weight is 453 g/mol. The van der Waals surface area contributed by atoms with Crippen molar-refractivity contribution in [2.75, 3.05) is 16.8 Å². The molecule has 9 heteroatoms. The number of hydrogen-bond acceptors (Lipinski definition) is 6. The number of nitrogens with one attached hydrogen (secondary N) is 1. The Kier molecular flexibility index (Phi) is 4.53. The van der Waals surface area contributed by atoms with Gasteiger partial charge in [-0.05, 0) is 37.3 Å². The van der Waals surface area contributed by atoms with Gasteiger partial charge >= 0.3 is 0 Å². The standard InChI is InChI=1S/C23H24N4O4S/c1-22(2)10-14-19(16(28)11-22)32-21(24-14)25-17(29)12-26-20(31)13-6-4-5-7-15(13)27-18(30)8-9-23(26,27)3/h4-7H,8-12H2,1-3H3,(H,24,25,29). The van der Waals surface area contributed by atoms with Crippen LogP contribution in [0.1, 0.15) is 65.8 Å². The fourth-order valence-corrected chi connectivity index (χ4v) is 5.95. The number of thiazole rings is 1. The molecule has 5 rings (SSSR count). The fourth-order valence-electron chi connectivity index (χ4n) is 5.02. The van der Waals surface area contributed by atoms with Gasteiger partial charge in [0, 0.05) is 12.8 Å². The lowest BCUT2D eigenvalue weighted by atomic mass is 9.78. The molecule has 1 unspecified atom stereocenters. The van der Waals surface area contributed by atoms with E-state index < -0.39 is 11.6 Å². The second-order valence-electron chi connectivity index (χ2n) is 9.64. The normalized spacial score (nSPS) is 23.7. The zero-order valence-electron chi connectivity index (χ0n) is 18.2. The molecule has 0 radical (unpaired) electrons. The smallest absolute Gasteiger partial charge is 0.258 e. The highest BCUT2D eigenvalue weighted by atomic mass is 32.1. The molecule has 1 aliphatic carbocycles. The molecule has 2 aliphatic heterocycles. The van der Waals surface area contributed by atoms with Gasteiger partial charge in [0.25, 0.3) is 5.91 Å². The van der Waals surface area contributed by atoms with Crippen LogP contribution in [-0.4, -0.2) is 45.6 Å². The van der Waals surface area contributed by atoms with Crippen molar-refractivity contribution in [2.45, 2.75) is 52.1 Å². The topological polar surface area (TPSA) is 99.7 Å². The molecule has 166 valence electrons. The first-order chi connectivity index (χ1) is 15.1. The third-order valence-electron chi connectivity index (χ3n) is 6.53. The van der Waals surface area contributed by atoms with E-state index >= 15 is 0 Å². The van der Waals surface area contributed by atoms with E-state index in [4.69, 9.17) is 0 Å². The van der Waals surface area contributed by atoms with Gasteiger partial charge in [-0.3, -0.25) is 24.1 Å². The van der Waals surface area contributed by atoms with Crippen LogP contribution in [0, 0.1) is 5.41 Å². The van der Waals surface area contributed by atoms with Crippen LogP contribution < -0.4 is 10.2 Å². The molecule has 0 spiro atoms. The number of rotatable bonds is 3. The third kappa shape index (κ3) is 3.14. The monoisotopic (exact) mass is 452 g/mol. The summed E-state index contributed by atoms with van der Waals surface area (Å²) in [6.07, 6.45) is 1.90. The molecule has 8 nitrogen and oxygen atoms in total. The number of para-hydroxylation sites is 1. The maximum Gasteiger partial charge on any atom is 0.258 e. The number of nitrogens with zero attached hydrogens (tertiary/aromatic N) is 3. The summed E-state index contributed by atoms with van der Waals surface area (Å²) in [5.41, 5.74) is 0.662. The zero-order valence-corrected chi connectivity index (χ0v) is 19.0. The number of Topliss-reactive ketones (excluding diaryl/α,β-unsaturated/α-hetero) is 1. The van der Waals surface area contributed by atoms with Crippen molar-refractivity contribution in [1.29, 1.82) is 0 Å². The number of amides is 3. The first-order valence-electron chi connectivity index (χ1n) is 10.7. The summed E-state index contributed by atoms with van der Waals surface area (Å²) in [5.74, 6) is -0.702. The van der Waals surface area contributed by atoms with Gasteiger partial charge in [0.05, 0.1) is 21.8 Å². The number of anilines is 2. The van der Waals surface area contributed by atoms with Crippen molar-refractivity contribution in [1.82, 2.24) is 9.88 Å². The number of fused-ring (bicyclic) bond motifs is 4. The van der Waals surface area contributed by atoms with Crippen LogP contribution in [-0.2, 0) is 16.0 Å². The minimum Gasteiger partial charge on any atom is -0.306 e. The van der Waals surface area contributed by atoms with E-state index in [9.17, 15) is 19.2 Å². The lowest BCUT2D eigenvalue weighted by Crippen LogP contribution is -2.63. The highest BCUT2D eigenvalue weighted by molar-refractivity contribution is 7.17. The second kappa shape index (κ2) is 6.96. The van der Waals surface area contributed by atoms with Crippen molar-refractivity contribution in [3.05, 3.63) is 40.4 Å². The van der Waals surface area contributed by atoms with Crippen LogP contribution in [0.2, 0.25) is 0 Å². The first-order valence-corrected chi connectivity index (χ1v) is 11.5. The van der Waals surface area contributed by atoms with E-state index in [1.807, 2.05) is 20.8 Å². The van der Waals surface area contributed by atoms with Crippen molar-refractivity contribution < 1.29 is 19.2 Å². The van der Waals surface area contributed by atoms with Gasteiger partial charge in [0.2, 0.25) is 11.8 Å². The summed E-state index contributed by atoms with van der Waals surface area (Å²) in [7, 11) is 0. The van der Waals surface area contributed by atoms with Gasteiger partial charge in [0.1, 0.15) is 12.2 Å². The van der Waals surface area contributed by atoms with E-state index in [1.165, 1.54) is 16.2 Å². The molecule has 3 amide bonds. The third-order valence-corrected chi connectivity index (χ3v) is 7.58. The van der Waals surface area contributed by atoms with Crippen molar-refractivity contribution in [2.24, 2.45) is 5.41 Å². The highest BCUT2D eigenvalue weighted by Crippen LogP contribution is 2.44. The quantitative estimate of drug-likeness (QED) is 0.771. The van der Waals surface area contributed by atoms with Crippen LogP contribution in [0.15, 0.2) is 24.3 Å². The predicted molar refractivity (Wildman–Crippen MR) is 120 cm³/mol. The van der Waals surface area contributed by atoms with E-state index in [2.05, 4.69) is 10.3 Å². The Balaban J connectivity index is 1.40. The van der Waals surface area contributed by atoms with E-state index in [-0.39, 0.29) is 29.6 Å². The van der Waals surface area contributed by atoms with Gasteiger partial charge in [-0.1, -0.05) is 37.3 Å². The van der Waals surface area contributed by atoms with Gasteiger partial charge in [-0.2, -0.15) is 0 Å². The molecule has 3 heterocycles. The molecule has 0 bridgehead atoms. The maximum atomic E-state index is 13.3. The average Bonchev–Trinajstić information content (AvgIpc) is 3.25. The summed E-state index contributed by atoms with van der Waals surface area (Å²) in [4.78, 5) is 59.5. The molecule has 0 saturated carbocycles. The van der Waals surface area contributed by atoms with Crippen molar-refractivity contribution in [3.63, 3.8) is 0 Å². The summed E-state index contributed by atoms with van der Waals surface area (Å²) in [5, 5.41) is 3.13. The van der Waals surface area contributed by atoms with Gasteiger partial charge < -0.3 is 10.2 Å². The Morgan fingerprint density at radius 1 is 1.16 bits per heavy atom. The SMILES string of the molecule is CC1(C)CC(=O)c2sc(NC(=O)CN3C(=O)c4ccccc4N4C(=O)CCC34C)nc2C1. The molecule has 1 fully saturated rings. The minimum atomic E-state index is -0.901. The zero-order chi connectivity index (χ0) is 22.8. The van der Waals surface area contributed by atoms with Gasteiger partial charge in [-0.15, -0.1) is 0 Å². The summed E-state index contributed by atoms with van der Waals surface area (Å²) in [6.45, 7) is 5.67. The van der Waals surface area contributed by atoms with Crippen LogP contribution in [0.4, 0.5) is 10.8 Å². The minimum absolute atomic E-state index is 0.0460. The number of ketones is 1. The largest absolute Gasteiger partial charge is 0.306 e. The molecule has 32 heavy (non-hydrogen) atoms. The van der Waals surface area contributed by atoms with E-state index in [0.29, 0.717) is 52.6 Å². The Morgan fingerprint density at radius 2 is 1.91 bits per heavy atom. The summed E-state index contributed by atoms with van der Waals surface area (Å²) in [6, 6.07) is 6.99.